The highest BCUT2D eigenvalue weighted by Gasteiger charge is 2.27. The van der Waals surface area contributed by atoms with Gasteiger partial charge in [-0.05, 0) is 72.8 Å². The highest BCUT2D eigenvalue weighted by atomic mass is 16.2. The lowest BCUT2D eigenvalue weighted by Crippen LogP contribution is -2.45. The molecular weight excluding hydrogens is 406 g/mol. The first-order valence-electron chi connectivity index (χ1n) is 12.1. The molecule has 0 aromatic heterocycles. The molecular formula is C29H33N3O. The van der Waals surface area contributed by atoms with E-state index in [1.807, 2.05) is 23.1 Å². The van der Waals surface area contributed by atoms with Gasteiger partial charge in [-0.15, -0.1) is 0 Å². The smallest absolute Gasteiger partial charge is 0.254 e. The monoisotopic (exact) mass is 439 g/mol. The Morgan fingerprint density at radius 1 is 0.788 bits per heavy atom. The van der Waals surface area contributed by atoms with E-state index < -0.39 is 0 Å². The molecule has 0 aliphatic carbocycles. The standard InChI is InChI=1S/C29H33N3O/c1-22-8-13-28(31-18-16-30(2)17-19-31)27-21-32(15-14-26(22)27)29(33)25-11-9-24(10-12-25)20-23-6-4-3-5-7-23/h3-13H,14-21H2,1-2H3. The third kappa shape index (κ3) is 4.67. The molecule has 2 aliphatic heterocycles. The van der Waals surface area contributed by atoms with Crippen LogP contribution in [-0.2, 0) is 19.4 Å². The van der Waals surface area contributed by atoms with Gasteiger partial charge in [0.15, 0.2) is 0 Å². The maximum absolute atomic E-state index is 13.4. The number of hydrogen-bond donors (Lipinski definition) is 0. The summed E-state index contributed by atoms with van der Waals surface area (Å²) in [5.74, 6) is 0.137. The van der Waals surface area contributed by atoms with Crippen LogP contribution < -0.4 is 4.90 Å². The van der Waals surface area contributed by atoms with Crippen molar-refractivity contribution in [2.45, 2.75) is 26.3 Å². The fourth-order valence-corrected chi connectivity index (χ4v) is 5.14. The minimum absolute atomic E-state index is 0.137. The molecule has 33 heavy (non-hydrogen) atoms. The lowest BCUT2D eigenvalue weighted by atomic mass is 9.92. The Morgan fingerprint density at radius 3 is 2.21 bits per heavy atom. The lowest BCUT2D eigenvalue weighted by Gasteiger charge is -2.38. The molecule has 5 rings (SSSR count). The highest BCUT2D eigenvalue weighted by Crippen LogP contribution is 2.32. The van der Waals surface area contributed by atoms with E-state index in [2.05, 4.69) is 72.3 Å². The van der Waals surface area contributed by atoms with E-state index >= 15 is 0 Å². The number of hydrogen-bond acceptors (Lipinski definition) is 3. The van der Waals surface area contributed by atoms with Gasteiger partial charge in [-0.25, -0.2) is 0 Å². The number of likely N-dealkylation sites (N-methyl/N-ethyl adjacent to an activating group) is 1. The second-order valence-electron chi connectivity index (χ2n) is 9.49. The molecule has 1 fully saturated rings. The van der Waals surface area contributed by atoms with Crippen LogP contribution in [0.2, 0.25) is 0 Å². The highest BCUT2D eigenvalue weighted by molar-refractivity contribution is 5.94. The number of amides is 1. The van der Waals surface area contributed by atoms with Crippen LogP contribution in [-0.4, -0.2) is 55.5 Å². The number of piperazine rings is 1. The minimum atomic E-state index is 0.137. The number of carbonyl (C=O) groups is 1. The van der Waals surface area contributed by atoms with Crippen molar-refractivity contribution in [3.8, 4) is 0 Å². The topological polar surface area (TPSA) is 26.8 Å². The molecule has 3 aromatic rings. The van der Waals surface area contributed by atoms with Crippen LogP contribution in [0.3, 0.4) is 0 Å². The van der Waals surface area contributed by atoms with Gasteiger partial charge in [0.1, 0.15) is 0 Å². The lowest BCUT2D eigenvalue weighted by molar-refractivity contribution is 0.0734. The predicted molar refractivity (Wildman–Crippen MR) is 135 cm³/mol. The zero-order chi connectivity index (χ0) is 22.8. The van der Waals surface area contributed by atoms with Gasteiger partial charge in [-0.2, -0.15) is 0 Å². The Balaban J connectivity index is 1.33. The average Bonchev–Trinajstić information content (AvgIpc) is 2.85. The molecule has 1 saturated heterocycles. The third-order valence-electron chi connectivity index (χ3n) is 7.20. The quantitative estimate of drug-likeness (QED) is 0.597. The second kappa shape index (κ2) is 9.40. The van der Waals surface area contributed by atoms with E-state index in [-0.39, 0.29) is 5.91 Å². The molecule has 1 amide bonds. The van der Waals surface area contributed by atoms with Crippen molar-refractivity contribution < 1.29 is 4.79 Å². The van der Waals surface area contributed by atoms with Gasteiger partial charge >= 0.3 is 0 Å². The number of carbonyl (C=O) groups excluding carboxylic acids is 1. The fourth-order valence-electron chi connectivity index (χ4n) is 5.14. The summed E-state index contributed by atoms with van der Waals surface area (Å²) in [6.07, 6.45) is 1.82. The van der Waals surface area contributed by atoms with Crippen LogP contribution in [0.4, 0.5) is 5.69 Å². The van der Waals surface area contributed by atoms with Crippen molar-refractivity contribution in [2.75, 3.05) is 44.7 Å². The van der Waals surface area contributed by atoms with Crippen molar-refractivity contribution in [3.63, 3.8) is 0 Å². The summed E-state index contributed by atoms with van der Waals surface area (Å²) in [6, 6.07) is 23.2. The molecule has 2 aliphatic rings. The van der Waals surface area contributed by atoms with Crippen molar-refractivity contribution >= 4 is 11.6 Å². The summed E-state index contributed by atoms with van der Waals surface area (Å²) in [5, 5.41) is 0. The van der Waals surface area contributed by atoms with Gasteiger partial charge in [0, 0.05) is 50.5 Å². The maximum Gasteiger partial charge on any atom is 0.254 e. The molecule has 0 N–H and O–H groups in total. The van der Waals surface area contributed by atoms with E-state index in [1.165, 1.54) is 33.5 Å². The van der Waals surface area contributed by atoms with Crippen molar-refractivity contribution in [3.05, 3.63) is 100 Å². The Labute approximate surface area is 197 Å². The Bertz CT molecular complexity index is 1120. The van der Waals surface area contributed by atoms with Crippen LogP contribution in [0.25, 0.3) is 0 Å². The molecule has 4 nitrogen and oxygen atoms in total. The number of nitrogens with zero attached hydrogens (tertiary/aromatic N) is 3. The van der Waals surface area contributed by atoms with Crippen LogP contribution >= 0.6 is 0 Å². The largest absolute Gasteiger partial charge is 0.369 e. The fraction of sp³-hybridized carbons (Fsp3) is 0.345. The predicted octanol–water partition coefficient (Wildman–Crippen LogP) is 4.54. The van der Waals surface area contributed by atoms with Crippen LogP contribution in [0, 0.1) is 6.92 Å². The Hall–Kier alpha value is -3.11. The van der Waals surface area contributed by atoms with E-state index in [0.717, 1.165) is 51.1 Å². The first-order chi connectivity index (χ1) is 16.1. The summed E-state index contributed by atoms with van der Waals surface area (Å²) in [4.78, 5) is 20.3. The minimum Gasteiger partial charge on any atom is -0.369 e. The molecule has 0 unspecified atom stereocenters. The summed E-state index contributed by atoms with van der Waals surface area (Å²) in [5.41, 5.74) is 8.75. The molecule has 3 aromatic carbocycles. The van der Waals surface area contributed by atoms with E-state index in [1.54, 1.807) is 0 Å². The van der Waals surface area contributed by atoms with Crippen molar-refractivity contribution in [1.29, 1.82) is 0 Å². The zero-order valence-electron chi connectivity index (χ0n) is 19.8. The second-order valence-corrected chi connectivity index (χ2v) is 9.49. The molecule has 170 valence electrons. The van der Waals surface area contributed by atoms with Crippen molar-refractivity contribution in [2.24, 2.45) is 0 Å². The third-order valence-corrected chi connectivity index (χ3v) is 7.20. The molecule has 2 heterocycles. The van der Waals surface area contributed by atoms with Gasteiger partial charge in [0.2, 0.25) is 0 Å². The van der Waals surface area contributed by atoms with E-state index in [9.17, 15) is 4.79 Å². The van der Waals surface area contributed by atoms with Crippen LogP contribution in [0.15, 0.2) is 66.7 Å². The van der Waals surface area contributed by atoms with E-state index in [4.69, 9.17) is 0 Å². The van der Waals surface area contributed by atoms with Gasteiger partial charge < -0.3 is 14.7 Å². The van der Waals surface area contributed by atoms with Gasteiger partial charge in [0.25, 0.3) is 5.91 Å². The van der Waals surface area contributed by atoms with Gasteiger partial charge in [-0.3, -0.25) is 4.79 Å². The average molecular weight is 440 g/mol. The number of rotatable bonds is 4. The summed E-state index contributed by atoms with van der Waals surface area (Å²) in [7, 11) is 2.19. The maximum atomic E-state index is 13.4. The Kier molecular flexibility index (Phi) is 6.19. The normalized spacial score (nSPS) is 16.5. The summed E-state index contributed by atoms with van der Waals surface area (Å²) >= 11 is 0. The van der Waals surface area contributed by atoms with Crippen molar-refractivity contribution in [1.82, 2.24) is 9.80 Å². The van der Waals surface area contributed by atoms with Gasteiger partial charge in [-0.1, -0.05) is 48.5 Å². The molecule has 4 heteroatoms. The number of fused-ring (bicyclic) bond motifs is 1. The van der Waals surface area contributed by atoms with Gasteiger partial charge in [0.05, 0.1) is 0 Å². The van der Waals surface area contributed by atoms with Crippen LogP contribution in [0.5, 0.6) is 0 Å². The van der Waals surface area contributed by atoms with E-state index in [0.29, 0.717) is 6.54 Å². The SMILES string of the molecule is Cc1ccc(N2CCN(C)CC2)c2c1CCN(C(=O)c1ccc(Cc3ccccc3)cc1)C2. The number of benzene rings is 3. The molecule has 0 atom stereocenters. The first kappa shape index (κ1) is 21.7. The zero-order valence-corrected chi connectivity index (χ0v) is 19.8. The summed E-state index contributed by atoms with van der Waals surface area (Å²) in [6.45, 7) is 7.94. The summed E-state index contributed by atoms with van der Waals surface area (Å²) < 4.78 is 0. The molecule has 0 saturated carbocycles. The molecule has 0 spiro atoms. The van der Waals surface area contributed by atoms with Crippen LogP contribution in [0.1, 0.15) is 38.2 Å². The number of aryl methyl sites for hydroxylation is 1. The number of anilines is 1. The molecule has 0 bridgehead atoms. The first-order valence-corrected chi connectivity index (χ1v) is 12.1. The molecule has 0 radical (unpaired) electrons. The Morgan fingerprint density at radius 2 is 1.48 bits per heavy atom.